The van der Waals surface area contributed by atoms with Crippen molar-refractivity contribution in [3.63, 3.8) is 0 Å². The van der Waals surface area contributed by atoms with Gasteiger partial charge in [0.1, 0.15) is 0 Å². The van der Waals surface area contributed by atoms with Crippen LogP contribution < -0.4 is 5.32 Å². The summed E-state index contributed by atoms with van der Waals surface area (Å²) in [5.74, 6) is 0. The van der Waals surface area contributed by atoms with Crippen molar-refractivity contribution in [2.24, 2.45) is 0 Å². The Morgan fingerprint density at radius 1 is 1.36 bits per heavy atom. The third-order valence-corrected chi connectivity index (χ3v) is 2.79. The van der Waals surface area contributed by atoms with Crippen LogP contribution in [0.1, 0.15) is 24.4 Å². The number of nitrogens with zero attached hydrogens (tertiary/aromatic N) is 2. The van der Waals surface area contributed by atoms with Crippen molar-refractivity contribution >= 4 is 11.2 Å². The first-order valence-corrected chi connectivity index (χ1v) is 4.96. The van der Waals surface area contributed by atoms with Crippen molar-refractivity contribution < 1.29 is 0 Å². The summed E-state index contributed by atoms with van der Waals surface area (Å²) >= 11 is 0. The Hall–Kier alpha value is -1.42. The van der Waals surface area contributed by atoms with Gasteiger partial charge in [0.2, 0.25) is 0 Å². The van der Waals surface area contributed by atoms with Crippen LogP contribution in [0, 0.1) is 0 Å². The molecule has 4 heteroatoms. The SMILES string of the molecule is c1cc(C2CCCN2)c2[nH]cnc2n1. The predicted octanol–water partition coefficient (Wildman–Crippen LogP) is 1.38. The van der Waals surface area contributed by atoms with Crippen LogP contribution in [0.5, 0.6) is 0 Å². The molecule has 2 aromatic heterocycles. The van der Waals surface area contributed by atoms with Crippen LogP contribution in [0.25, 0.3) is 11.2 Å². The second-order valence-corrected chi connectivity index (χ2v) is 3.65. The number of nitrogens with one attached hydrogen (secondary N) is 2. The Morgan fingerprint density at radius 2 is 2.36 bits per heavy atom. The Bertz CT molecular complexity index is 442. The van der Waals surface area contributed by atoms with Gasteiger partial charge in [-0.15, -0.1) is 0 Å². The Morgan fingerprint density at radius 3 is 3.21 bits per heavy atom. The van der Waals surface area contributed by atoms with E-state index in [4.69, 9.17) is 0 Å². The Balaban J connectivity index is 2.14. The highest BCUT2D eigenvalue weighted by atomic mass is 15.0. The second kappa shape index (κ2) is 3.06. The number of imidazole rings is 1. The van der Waals surface area contributed by atoms with Gasteiger partial charge in [0, 0.05) is 12.2 Å². The third kappa shape index (κ3) is 1.11. The van der Waals surface area contributed by atoms with Gasteiger partial charge >= 0.3 is 0 Å². The molecule has 0 bridgehead atoms. The highest BCUT2D eigenvalue weighted by Crippen LogP contribution is 2.26. The summed E-state index contributed by atoms with van der Waals surface area (Å²) in [7, 11) is 0. The molecular formula is C10H12N4. The number of H-pyrrole nitrogens is 1. The Kier molecular flexibility index (Phi) is 1.73. The molecule has 2 N–H and O–H groups in total. The van der Waals surface area contributed by atoms with Gasteiger partial charge in [0.25, 0.3) is 0 Å². The number of pyridine rings is 1. The molecule has 0 radical (unpaired) electrons. The van der Waals surface area contributed by atoms with Gasteiger partial charge in [0.05, 0.1) is 11.8 Å². The lowest BCUT2D eigenvalue weighted by atomic mass is 10.1. The first-order chi connectivity index (χ1) is 6.95. The Labute approximate surface area is 81.8 Å². The summed E-state index contributed by atoms with van der Waals surface area (Å²) in [6.45, 7) is 1.11. The highest BCUT2D eigenvalue weighted by Gasteiger charge is 2.19. The summed E-state index contributed by atoms with van der Waals surface area (Å²) in [6, 6.07) is 2.55. The average Bonchev–Trinajstić information content (AvgIpc) is 2.88. The molecular weight excluding hydrogens is 176 g/mol. The third-order valence-electron chi connectivity index (χ3n) is 2.79. The lowest BCUT2D eigenvalue weighted by Gasteiger charge is -2.10. The molecule has 1 saturated heterocycles. The van der Waals surface area contributed by atoms with Crippen molar-refractivity contribution in [3.8, 4) is 0 Å². The summed E-state index contributed by atoms with van der Waals surface area (Å²) in [4.78, 5) is 11.5. The molecule has 0 saturated carbocycles. The van der Waals surface area contributed by atoms with Crippen molar-refractivity contribution in [3.05, 3.63) is 24.2 Å². The molecule has 14 heavy (non-hydrogen) atoms. The minimum atomic E-state index is 0.473. The molecule has 0 spiro atoms. The number of aromatic nitrogens is 3. The van der Waals surface area contributed by atoms with Gasteiger partial charge in [0.15, 0.2) is 5.65 Å². The van der Waals surface area contributed by atoms with Gasteiger partial charge in [-0.3, -0.25) is 0 Å². The zero-order chi connectivity index (χ0) is 9.38. The van der Waals surface area contributed by atoms with Crippen LogP contribution in [-0.2, 0) is 0 Å². The minimum absolute atomic E-state index is 0.473. The van der Waals surface area contributed by atoms with E-state index >= 15 is 0 Å². The van der Waals surface area contributed by atoms with E-state index in [2.05, 4.69) is 26.3 Å². The van der Waals surface area contributed by atoms with E-state index in [0.29, 0.717) is 6.04 Å². The van der Waals surface area contributed by atoms with Crippen LogP contribution >= 0.6 is 0 Å². The average molecular weight is 188 g/mol. The van der Waals surface area contributed by atoms with E-state index in [9.17, 15) is 0 Å². The minimum Gasteiger partial charge on any atom is -0.343 e. The van der Waals surface area contributed by atoms with Gasteiger partial charge in [-0.25, -0.2) is 9.97 Å². The number of aromatic amines is 1. The van der Waals surface area contributed by atoms with E-state index in [1.807, 2.05) is 6.20 Å². The number of rotatable bonds is 1. The molecule has 1 unspecified atom stereocenters. The molecule has 3 rings (SSSR count). The molecule has 1 aliphatic heterocycles. The second-order valence-electron chi connectivity index (χ2n) is 3.65. The van der Waals surface area contributed by atoms with Gasteiger partial charge in [-0.1, -0.05) is 0 Å². The molecule has 0 amide bonds. The van der Waals surface area contributed by atoms with Crippen LogP contribution in [0.2, 0.25) is 0 Å². The van der Waals surface area contributed by atoms with Gasteiger partial charge in [-0.2, -0.15) is 0 Å². The van der Waals surface area contributed by atoms with Crippen LogP contribution in [-0.4, -0.2) is 21.5 Å². The lowest BCUT2D eigenvalue weighted by Crippen LogP contribution is -2.13. The van der Waals surface area contributed by atoms with E-state index in [1.54, 1.807) is 6.33 Å². The molecule has 1 aliphatic rings. The van der Waals surface area contributed by atoms with Crippen molar-refractivity contribution in [1.82, 2.24) is 20.3 Å². The molecule has 1 fully saturated rings. The first-order valence-electron chi connectivity index (χ1n) is 4.96. The number of hydrogen-bond donors (Lipinski definition) is 2. The fourth-order valence-corrected chi connectivity index (χ4v) is 2.11. The topological polar surface area (TPSA) is 53.6 Å². The van der Waals surface area contributed by atoms with Crippen LogP contribution in [0.15, 0.2) is 18.6 Å². The van der Waals surface area contributed by atoms with Crippen molar-refractivity contribution in [2.45, 2.75) is 18.9 Å². The van der Waals surface area contributed by atoms with E-state index < -0.39 is 0 Å². The van der Waals surface area contributed by atoms with Crippen molar-refractivity contribution in [1.29, 1.82) is 0 Å². The molecule has 0 aromatic carbocycles. The maximum Gasteiger partial charge on any atom is 0.177 e. The largest absolute Gasteiger partial charge is 0.343 e. The summed E-state index contributed by atoms with van der Waals surface area (Å²) in [5, 5.41) is 3.48. The van der Waals surface area contributed by atoms with Gasteiger partial charge < -0.3 is 10.3 Å². The van der Waals surface area contributed by atoms with E-state index in [1.165, 1.54) is 18.4 Å². The monoisotopic (exact) mass is 188 g/mol. The molecule has 72 valence electrons. The van der Waals surface area contributed by atoms with E-state index in [-0.39, 0.29) is 0 Å². The van der Waals surface area contributed by atoms with Gasteiger partial charge in [-0.05, 0) is 31.0 Å². The molecule has 0 aliphatic carbocycles. The zero-order valence-corrected chi connectivity index (χ0v) is 7.83. The highest BCUT2D eigenvalue weighted by molar-refractivity contribution is 5.74. The standard InChI is InChI=1S/C10H12N4/c1-2-8(11-4-1)7-3-5-12-10-9(7)13-6-14-10/h3,5-6,8,11H,1-2,4H2,(H,12,13,14). The van der Waals surface area contributed by atoms with Crippen molar-refractivity contribution in [2.75, 3.05) is 6.54 Å². The fourth-order valence-electron chi connectivity index (χ4n) is 2.11. The first kappa shape index (κ1) is 7.94. The lowest BCUT2D eigenvalue weighted by molar-refractivity contribution is 0.651. The summed E-state index contributed by atoms with van der Waals surface area (Å²) in [5.41, 5.74) is 3.19. The molecule has 3 heterocycles. The smallest absolute Gasteiger partial charge is 0.177 e. The normalized spacial score (nSPS) is 21.9. The molecule has 4 nitrogen and oxygen atoms in total. The number of fused-ring (bicyclic) bond motifs is 1. The predicted molar refractivity (Wildman–Crippen MR) is 53.9 cm³/mol. The molecule has 1 atom stereocenters. The summed E-state index contributed by atoms with van der Waals surface area (Å²) < 4.78 is 0. The van der Waals surface area contributed by atoms with Crippen LogP contribution in [0.3, 0.4) is 0 Å². The maximum absolute atomic E-state index is 4.20. The summed E-state index contributed by atoms with van der Waals surface area (Å²) in [6.07, 6.45) is 6.00. The molecule has 2 aromatic rings. The van der Waals surface area contributed by atoms with Crippen LogP contribution in [0.4, 0.5) is 0 Å². The quantitative estimate of drug-likeness (QED) is 0.711. The zero-order valence-electron chi connectivity index (χ0n) is 7.83. The number of hydrogen-bond acceptors (Lipinski definition) is 3. The maximum atomic E-state index is 4.20. The fraction of sp³-hybridized carbons (Fsp3) is 0.400. The van der Waals surface area contributed by atoms with E-state index in [0.717, 1.165) is 17.7 Å².